The Labute approximate surface area is 97.4 Å². The van der Waals surface area contributed by atoms with E-state index < -0.39 is 0 Å². The summed E-state index contributed by atoms with van der Waals surface area (Å²) in [6.45, 7) is 9.43. The van der Waals surface area contributed by atoms with E-state index in [2.05, 4.69) is 41.6 Å². The van der Waals surface area contributed by atoms with E-state index in [0.29, 0.717) is 5.41 Å². The molecule has 0 aromatic heterocycles. The van der Waals surface area contributed by atoms with Gasteiger partial charge in [0, 0.05) is 17.9 Å². The van der Waals surface area contributed by atoms with Crippen LogP contribution in [0, 0.1) is 5.41 Å². The molecule has 0 radical (unpaired) electrons. The molecule has 1 saturated carbocycles. The second-order valence-corrected chi connectivity index (χ2v) is 5.86. The van der Waals surface area contributed by atoms with Crippen LogP contribution in [0.25, 0.3) is 0 Å². The lowest BCUT2D eigenvalue weighted by molar-refractivity contribution is 0.150. The van der Waals surface area contributed by atoms with E-state index in [1.54, 1.807) is 0 Å². The third-order valence-corrected chi connectivity index (χ3v) is 4.76. The predicted octanol–water partition coefficient (Wildman–Crippen LogP) is 3.67. The summed E-state index contributed by atoms with van der Waals surface area (Å²) in [7, 11) is 0. The second kappa shape index (κ2) is 5.50. The zero-order valence-corrected chi connectivity index (χ0v) is 11.4. The maximum absolute atomic E-state index is 3.61. The minimum Gasteiger partial charge on any atom is -0.300 e. The lowest BCUT2D eigenvalue weighted by Gasteiger charge is -2.34. The minimum absolute atomic E-state index is 0.415. The van der Waals surface area contributed by atoms with Gasteiger partial charge in [-0.1, -0.05) is 49.5 Å². The highest BCUT2D eigenvalue weighted by Crippen LogP contribution is 2.27. The number of hydrogen-bond donors (Lipinski definition) is 0. The highest BCUT2D eigenvalue weighted by molar-refractivity contribution is 9.09. The molecule has 0 heterocycles. The van der Waals surface area contributed by atoms with Crippen LogP contribution in [-0.4, -0.2) is 29.4 Å². The van der Waals surface area contributed by atoms with Gasteiger partial charge >= 0.3 is 0 Å². The zero-order chi connectivity index (χ0) is 10.6. The molecule has 0 bridgehead atoms. The summed E-state index contributed by atoms with van der Waals surface area (Å²) in [5, 5.41) is 1.10. The minimum atomic E-state index is 0.415. The van der Waals surface area contributed by atoms with Crippen molar-refractivity contribution in [1.29, 1.82) is 0 Å². The first kappa shape index (κ1) is 12.5. The molecule has 0 atom stereocenters. The van der Waals surface area contributed by atoms with Crippen LogP contribution in [-0.2, 0) is 0 Å². The summed E-state index contributed by atoms with van der Waals surface area (Å²) in [6.07, 6.45) is 5.73. The van der Waals surface area contributed by atoms with Gasteiger partial charge in [0.2, 0.25) is 0 Å². The average molecular weight is 262 g/mol. The van der Waals surface area contributed by atoms with Gasteiger partial charge in [-0.15, -0.1) is 0 Å². The Kier molecular flexibility index (Phi) is 4.92. The van der Waals surface area contributed by atoms with Gasteiger partial charge in [0.25, 0.3) is 0 Å². The smallest absolute Gasteiger partial charge is 0.00953 e. The van der Waals surface area contributed by atoms with E-state index >= 15 is 0 Å². The molecule has 0 saturated heterocycles. The summed E-state index contributed by atoms with van der Waals surface area (Å²) in [4.78, 5) is 2.67. The number of nitrogens with zero attached hydrogens (tertiary/aromatic N) is 1. The summed E-state index contributed by atoms with van der Waals surface area (Å²) in [5.41, 5.74) is 0.415. The largest absolute Gasteiger partial charge is 0.300 e. The second-order valence-electron chi connectivity index (χ2n) is 5.30. The monoisotopic (exact) mass is 261 g/mol. The summed E-state index contributed by atoms with van der Waals surface area (Å²) in [6, 6.07) is 0.873. The summed E-state index contributed by atoms with van der Waals surface area (Å²) >= 11 is 3.61. The van der Waals surface area contributed by atoms with Gasteiger partial charge in [0.1, 0.15) is 0 Å². The van der Waals surface area contributed by atoms with Crippen molar-refractivity contribution in [2.75, 3.05) is 18.4 Å². The van der Waals surface area contributed by atoms with E-state index in [1.165, 1.54) is 38.8 Å². The first-order valence-electron chi connectivity index (χ1n) is 5.89. The van der Waals surface area contributed by atoms with Crippen LogP contribution in [0.15, 0.2) is 0 Å². The average Bonchev–Trinajstić information content (AvgIpc) is 2.67. The molecule has 14 heavy (non-hydrogen) atoms. The Morgan fingerprint density at radius 1 is 1.29 bits per heavy atom. The SMILES string of the molecule is CCN(CC(C)(C)CBr)C1CCCC1. The van der Waals surface area contributed by atoms with Crippen LogP contribution < -0.4 is 0 Å². The Morgan fingerprint density at radius 2 is 1.86 bits per heavy atom. The standard InChI is InChI=1S/C12H24BrN/c1-4-14(10-12(2,3)9-13)11-7-5-6-8-11/h11H,4-10H2,1-3H3. The molecule has 0 N–H and O–H groups in total. The lowest BCUT2D eigenvalue weighted by Crippen LogP contribution is -2.40. The van der Waals surface area contributed by atoms with Gasteiger partial charge in [0.05, 0.1) is 0 Å². The van der Waals surface area contributed by atoms with Crippen molar-refractivity contribution >= 4 is 15.9 Å². The zero-order valence-electron chi connectivity index (χ0n) is 9.85. The molecule has 1 fully saturated rings. The van der Waals surface area contributed by atoms with E-state index in [0.717, 1.165) is 11.4 Å². The Morgan fingerprint density at radius 3 is 2.29 bits per heavy atom. The van der Waals surface area contributed by atoms with Crippen molar-refractivity contribution in [2.45, 2.75) is 52.5 Å². The summed E-state index contributed by atoms with van der Waals surface area (Å²) < 4.78 is 0. The van der Waals surface area contributed by atoms with Crippen molar-refractivity contribution in [1.82, 2.24) is 4.90 Å². The van der Waals surface area contributed by atoms with Crippen molar-refractivity contribution in [2.24, 2.45) is 5.41 Å². The Bertz CT molecular complexity index is 162. The van der Waals surface area contributed by atoms with Gasteiger partial charge in [-0.3, -0.25) is 0 Å². The molecule has 0 aromatic carbocycles. The van der Waals surface area contributed by atoms with Gasteiger partial charge < -0.3 is 4.90 Å². The van der Waals surface area contributed by atoms with Gasteiger partial charge in [-0.25, -0.2) is 0 Å². The first-order chi connectivity index (χ1) is 6.59. The van der Waals surface area contributed by atoms with Crippen molar-refractivity contribution in [3.63, 3.8) is 0 Å². The number of alkyl halides is 1. The van der Waals surface area contributed by atoms with Crippen LogP contribution in [0.1, 0.15) is 46.5 Å². The van der Waals surface area contributed by atoms with Crippen molar-refractivity contribution < 1.29 is 0 Å². The molecule has 1 aliphatic carbocycles. The molecule has 2 heteroatoms. The van der Waals surface area contributed by atoms with E-state index in [1.807, 2.05) is 0 Å². The highest BCUT2D eigenvalue weighted by atomic mass is 79.9. The van der Waals surface area contributed by atoms with E-state index in [4.69, 9.17) is 0 Å². The Balaban J connectivity index is 2.45. The molecule has 0 amide bonds. The van der Waals surface area contributed by atoms with Gasteiger partial charge in [-0.05, 0) is 24.8 Å². The molecule has 1 rings (SSSR count). The fourth-order valence-corrected chi connectivity index (χ4v) is 2.54. The van der Waals surface area contributed by atoms with Crippen LogP contribution in [0.5, 0.6) is 0 Å². The van der Waals surface area contributed by atoms with Crippen LogP contribution in [0.4, 0.5) is 0 Å². The molecule has 1 nitrogen and oxygen atoms in total. The molecule has 84 valence electrons. The number of halogens is 1. The molecule has 0 aliphatic heterocycles. The Hall–Kier alpha value is 0.440. The van der Waals surface area contributed by atoms with E-state index in [9.17, 15) is 0 Å². The summed E-state index contributed by atoms with van der Waals surface area (Å²) in [5.74, 6) is 0. The normalized spacial score (nSPS) is 19.5. The number of hydrogen-bond acceptors (Lipinski definition) is 1. The van der Waals surface area contributed by atoms with Crippen molar-refractivity contribution in [3.8, 4) is 0 Å². The third-order valence-electron chi connectivity index (χ3n) is 3.24. The van der Waals surface area contributed by atoms with Gasteiger partial charge in [0.15, 0.2) is 0 Å². The molecular weight excluding hydrogens is 238 g/mol. The molecule has 0 spiro atoms. The maximum Gasteiger partial charge on any atom is 0.00953 e. The van der Waals surface area contributed by atoms with Crippen LogP contribution >= 0.6 is 15.9 Å². The molecular formula is C12H24BrN. The first-order valence-corrected chi connectivity index (χ1v) is 7.01. The highest BCUT2D eigenvalue weighted by Gasteiger charge is 2.26. The third kappa shape index (κ3) is 3.54. The fraction of sp³-hybridized carbons (Fsp3) is 1.00. The van der Waals surface area contributed by atoms with Crippen LogP contribution in [0.3, 0.4) is 0 Å². The number of rotatable bonds is 5. The fourth-order valence-electron chi connectivity index (χ4n) is 2.36. The molecule has 0 unspecified atom stereocenters. The van der Waals surface area contributed by atoms with Gasteiger partial charge in [-0.2, -0.15) is 0 Å². The molecule has 0 aromatic rings. The predicted molar refractivity (Wildman–Crippen MR) is 67.1 cm³/mol. The quantitative estimate of drug-likeness (QED) is 0.683. The van der Waals surface area contributed by atoms with Crippen molar-refractivity contribution in [3.05, 3.63) is 0 Å². The van der Waals surface area contributed by atoms with Crippen LogP contribution in [0.2, 0.25) is 0 Å². The molecule has 1 aliphatic rings. The lowest BCUT2D eigenvalue weighted by atomic mass is 9.95. The topological polar surface area (TPSA) is 3.24 Å². The van der Waals surface area contributed by atoms with E-state index in [-0.39, 0.29) is 0 Å². The maximum atomic E-state index is 3.61.